The molecular formula is C13H28O. The van der Waals surface area contributed by atoms with E-state index in [0.29, 0.717) is 0 Å². The van der Waals surface area contributed by atoms with Gasteiger partial charge in [-0.15, -0.1) is 0 Å². The molecule has 0 aromatic heterocycles. The Morgan fingerprint density at radius 3 is 2.29 bits per heavy atom. The Morgan fingerprint density at radius 2 is 1.79 bits per heavy atom. The van der Waals surface area contributed by atoms with Crippen LogP contribution in [0.15, 0.2) is 0 Å². The van der Waals surface area contributed by atoms with Crippen molar-refractivity contribution in [2.75, 3.05) is 0 Å². The van der Waals surface area contributed by atoms with Crippen molar-refractivity contribution in [2.45, 2.75) is 78.2 Å². The van der Waals surface area contributed by atoms with Gasteiger partial charge in [-0.25, -0.2) is 0 Å². The van der Waals surface area contributed by atoms with E-state index in [2.05, 4.69) is 20.8 Å². The van der Waals surface area contributed by atoms with Crippen LogP contribution in [0.1, 0.15) is 72.6 Å². The van der Waals surface area contributed by atoms with Gasteiger partial charge in [0.25, 0.3) is 0 Å². The molecular weight excluding hydrogens is 172 g/mol. The van der Waals surface area contributed by atoms with E-state index in [4.69, 9.17) is 0 Å². The van der Waals surface area contributed by atoms with E-state index < -0.39 is 5.60 Å². The number of aliphatic hydroxyl groups is 1. The molecule has 14 heavy (non-hydrogen) atoms. The third kappa shape index (κ3) is 7.37. The highest BCUT2D eigenvalue weighted by Crippen LogP contribution is 2.23. The largest absolute Gasteiger partial charge is 0.390 e. The van der Waals surface area contributed by atoms with Gasteiger partial charge >= 0.3 is 0 Å². The zero-order valence-corrected chi connectivity index (χ0v) is 10.5. The Bertz CT molecular complexity index is 129. The predicted molar refractivity (Wildman–Crippen MR) is 63.5 cm³/mol. The maximum absolute atomic E-state index is 10.1. The first-order valence-electron chi connectivity index (χ1n) is 6.24. The molecule has 2 atom stereocenters. The standard InChI is InChI=1S/C13H28O/c1-5-7-8-10-13(4,14)11-9-12(3)6-2/h12,14H,5-11H2,1-4H3. The van der Waals surface area contributed by atoms with Crippen molar-refractivity contribution in [3.63, 3.8) is 0 Å². The molecule has 0 saturated carbocycles. The number of rotatable bonds is 8. The predicted octanol–water partition coefficient (Wildman–Crippen LogP) is 4.14. The van der Waals surface area contributed by atoms with Crippen molar-refractivity contribution in [3.8, 4) is 0 Å². The minimum Gasteiger partial charge on any atom is -0.390 e. The van der Waals surface area contributed by atoms with Gasteiger partial charge in [0.05, 0.1) is 5.60 Å². The molecule has 0 aliphatic carbocycles. The molecule has 0 fully saturated rings. The summed E-state index contributed by atoms with van der Waals surface area (Å²) in [5.41, 5.74) is -0.418. The maximum atomic E-state index is 10.1. The summed E-state index contributed by atoms with van der Waals surface area (Å²) in [5, 5.41) is 10.1. The average molecular weight is 200 g/mol. The summed E-state index contributed by atoms with van der Waals surface area (Å²) in [4.78, 5) is 0. The molecule has 0 amide bonds. The van der Waals surface area contributed by atoms with Crippen molar-refractivity contribution < 1.29 is 5.11 Å². The van der Waals surface area contributed by atoms with Crippen LogP contribution in [-0.4, -0.2) is 10.7 Å². The van der Waals surface area contributed by atoms with Gasteiger partial charge in [-0.3, -0.25) is 0 Å². The van der Waals surface area contributed by atoms with Crippen LogP contribution in [0.5, 0.6) is 0 Å². The van der Waals surface area contributed by atoms with Gasteiger partial charge in [0.2, 0.25) is 0 Å². The summed E-state index contributed by atoms with van der Waals surface area (Å²) in [6, 6.07) is 0. The Morgan fingerprint density at radius 1 is 1.14 bits per heavy atom. The fourth-order valence-corrected chi connectivity index (χ4v) is 1.64. The molecule has 0 aromatic rings. The van der Waals surface area contributed by atoms with E-state index in [1.807, 2.05) is 6.92 Å². The fourth-order valence-electron chi connectivity index (χ4n) is 1.64. The number of hydrogen-bond acceptors (Lipinski definition) is 1. The fraction of sp³-hybridized carbons (Fsp3) is 1.00. The van der Waals surface area contributed by atoms with Crippen LogP contribution in [0.2, 0.25) is 0 Å². The molecule has 0 heterocycles. The molecule has 2 unspecified atom stereocenters. The lowest BCUT2D eigenvalue weighted by Gasteiger charge is -2.24. The topological polar surface area (TPSA) is 20.2 Å². The van der Waals surface area contributed by atoms with E-state index in [0.717, 1.165) is 25.2 Å². The molecule has 0 aliphatic rings. The van der Waals surface area contributed by atoms with Gasteiger partial charge in [-0.05, 0) is 32.1 Å². The molecule has 0 radical (unpaired) electrons. The van der Waals surface area contributed by atoms with Crippen molar-refractivity contribution in [1.29, 1.82) is 0 Å². The van der Waals surface area contributed by atoms with Crippen LogP contribution >= 0.6 is 0 Å². The molecule has 0 aromatic carbocycles. The van der Waals surface area contributed by atoms with Gasteiger partial charge in [0.15, 0.2) is 0 Å². The summed E-state index contributed by atoms with van der Waals surface area (Å²) >= 11 is 0. The third-order valence-corrected chi connectivity index (χ3v) is 3.19. The van der Waals surface area contributed by atoms with Crippen LogP contribution in [-0.2, 0) is 0 Å². The van der Waals surface area contributed by atoms with E-state index in [1.54, 1.807) is 0 Å². The highest BCUT2D eigenvalue weighted by Gasteiger charge is 2.19. The van der Waals surface area contributed by atoms with Gasteiger partial charge < -0.3 is 5.11 Å². The maximum Gasteiger partial charge on any atom is 0.0619 e. The summed E-state index contributed by atoms with van der Waals surface area (Å²) in [7, 11) is 0. The Kier molecular flexibility index (Phi) is 7.26. The van der Waals surface area contributed by atoms with Crippen LogP contribution in [0.4, 0.5) is 0 Å². The van der Waals surface area contributed by atoms with Crippen LogP contribution in [0.25, 0.3) is 0 Å². The van der Waals surface area contributed by atoms with E-state index in [1.165, 1.54) is 25.7 Å². The number of unbranched alkanes of at least 4 members (excludes halogenated alkanes) is 2. The van der Waals surface area contributed by atoms with Crippen LogP contribution in [0.3, 0.4) is 0 Å². The molecule has 1 heteroatoms. The molecule has 0 bridgehead atoms. The average Bonchev–Trinajstić information content (AvgIpc) is 2.14. The first-order chi connectivity index (χ1) is 6.52. The quantitative estimate of drug-likeness (QED) is 0.584. The molecule has 0 aliphatic heterocycles. The van der Waals surface area contributed by atoms with E-state index >= 15 is 0 Å². The minimum absolute atomic E-state index is 0.418. The number of hydrogen-bond donors (Lipinski definition) is 1. The van der Waals surface area contributed by atoms with E-state index in [-0.39, 0.29) is 0 Å². The monoisotopic (exact) mass is 200 g/mol. The first-order valence-corrected chi connectivity index (χ1v) is 6.24. The molecule has 0 saturated heterocycles. The summed E-state index contributed by atoms with van der Waals surface area (Å²) in [5.74, 6) is 0.757. The summed E-state index contributed by atoms with van der Waals surface area (Å²) in [6.45, 7) is 8.68. The summed E-state index contributed by atoms with van der Waals surface area (Å²) < 4.78 is 0. The lowest BCUT2D eigenvalue weighted by Crippen LogP contribution is -2.24. The third-order valence-electron chi connectivity index (χ3n) is 3.19. The van der Waals surface area contributed by atoms with Gasteiger partial charge in [-0.1, -0.05) is 46.5 Å². The Labute approximate surface area is 89.9 Å². The first kappa shape index (κ1) is 14.0. The normalized spacial score (nSPS) is 17.8. The lowest BCUT2D eigenvalue weighted by atomic mass is 9.89. The smallest absolute Gasteiger partial charge is 0.0619 e. The molecule has 0 rings (SSSR count). The van der Waals surface area contributed by atoms with Crippen LogP contribution in [0, 0.1) is 5.92 Å². The highest BCUT2D eigenvalue weighted by molar-refractivity contribution is 4.73. The second kappa shape index (κ2) is 7.28. The summed E-state index contributed by atoms with van der Waals surface area (Å²) in [6.07, 6.45) is 7.98. The lowest BCUT2D eigenvalue weighted by molar-refractivity contribution is 0.0334. The molecule has 86 valence electrons. The van der Waals surface area contributed by atoms with Crippen molar-refractivity contribution in [1.82, 2.24) is 0 Å². The minimum atomic E-state index is -0.418. The van der Waals surface area contributed by atoms with Gasteiger partial charge in [0.1, 0.15) is 0 Å². The second-order valence-corrected chi connectivity index (χ2v) is 5.01. The Hall–Kier alpha value is -0.0400. The Balaban J connectivity index is 3.60. The van der Waals surface area contributed by atoms with Gasteiger partial charge in [0, 0.05) is 0 Å². The van der Waals surface area contributed by atoms with Crippen molar-refractivity contribution >= 4 is 0 Å². The highest BCUT2D eigenvalue weighted by atomic mass is 16.3. The zero-order valence-electron chi connectivity index (χ0n) is 10.5. The van der Waals surface area contributed by atoms with Crippen molar-refractivity contribution in [3.05, 3.63) is 0 Å². The molecule has 1 nitrogen and oxygen atoms in total. The van der Waals surface area contributed by atoms with Crippen molar-refractivity contribution in [2.24, 2.45) is 5.92 Å². The molecule has 0 spiro atoms. The van der Waals surface area contributed by atoms with E-state index in [9.17, 15) is 5.11 Å². The van der Waals surface area contributed by atoms with Crippen LogP contribution < -0.4 is 0 Å². The van der Waals surface area contributed by atoms with Gasteiger partial charge in [-0.2, -0.15) is 0 Å². The molecule has 1 N–H and O–H groups in total. The SMILES string of the molecule is CCCCCC(C)(O)CCC(C)CC. The second-order valence-electron chi connectivity index (χ2n) is 5.01. The zero-order chi connectivity index (χ0) is 11.0.